The molecule has 122 valence electrons. The number of sulfonamides is 1. The minimum atomic E-state index is -3.45. The SMILES string of the molecule is CC(=O)NCCc1ccc(S(=O)(=O)NCCC(C)N)s1.Cl. The number of rotatable bonds is 8. The normalized spacial score (nSPS) is 12.5. The molecule has 1 amide bonds. The van der Waals surface area contributed by atoms with Gasteiger partial charge in [0.1, 0.15) is 4.21 Å². The van der Waals surface area contributed by atoms with Crippen molar-refractivity contribution >= 4 is 39.7 Å². The lowest BCUT2D eigenvalue weighted by molar-refractivity contribution is -0.118. The minimum absolute atomic E-state index is 0. The van der Waals surface area contributed by atoms with Gasteiger partial charge >= 0.3 is 0 Å². The predicted octanol–water partition coefficient (Wildman–Crippen LogP) is 0.864. The third-order valence-electron chi connectivity index (χ3n) is 2.54. The number of nitrogens with one attached hydrogen (secondary N) is 2. The molecule has 1 atom stereocenters. The highest BCUT2D eigenvalue weighted by Gasteiger charge is 2.16. The topological polar surface area (TPSA) is 101 Å². The lowest BCUT2D eigenvalue weighted by atomic mass is 10.3. The summed E-state index contributed by atoms with van der Waals surface area (Å²) in [5.41, 5.74) is 5.58. The summed E-state index contributed by atoms with van der Waals surface area (Å²) in [5.74, 6) is -0.0908. The van der Waals surface area contributed by atoms with Crippen molar-refractivity contribution in [1.82, 2.24) is 10.0 Å². The molecule has 0 radical (unpaired) electrons. The van der Waals surface area contributed by atoms with Crippen LogP contribution < -0.4 is 15.8 Å². The quantitative estimate of drug-likeness (QED) is 0.643. The van der Waals surface area contributed by atoms with E-state index in [2.05, 4.69) is 10.0 Å². The molecule has 1 heterocycles. The Labute approximate surface area is 136 Å². The van der Waals surface area contributed by atoms with E-state index < -0.39 is 10.0 Å². The van der Waals surface area contributed by atoms with Gasteiger partial charge in [-0.25, -0.2) is 13.1 Å². The van der Waals surface area contributed by atoms with Crippen molar-refractivity contribution in [2.45, 2.75) is 36.9 Å². The summed E-state index contributed by atoms with van der Waals surface area (Å²) in [6.45, 7) is 4.12. The molecule has 1 rings (SSSR count). The van der Waals surface area contributed by atoms with Crippen LogP contribution in [-0.4, -0.2) is 33.5 Å². The average Bonchev–Trinajstić information content (AvgIpc) is 2.77. The number of amides is 1. The van der Waals surface area contributed by atoms with E-state index in [1.807, 2.05) is 6.92 Å². The number of nitrogens with two attached hydrogens (primary N) is 1. The van der Waals surface area contributed by atoms with E-state index in [9.17, 15) is 13.2 Å². The van der Waals surface area contributed by atoms with Crippen molar-refractivity contribution in [3.8, 4) is 0 Å². The Morgan fingerprint density at radius 1 is 1.38 bits per heavy atom. The molecule has 0 saturated heterocycles. The molecule has 0 spiro atoms. The Balaban J connectivity index is 0.00000400. The van der Waals surface area contributed by atoms with Gasteiger partial charge in [0.15, 0.2) is 0 Å². The maximum atomic E-state index is 12.0. The van der Waals surface area contributed by atoms with Gasteiger partial charge in [-0.1, -0.05) is 0 Å². The lowest BCUT2D eigenvalue weighted by Crippen LogP contribution is -2.28. The molecule has 0 aliphatic heterocycles. The van der Waals surface area contributed by atoms with Crippen LogP contribution in [0.5, 0.6) is 0 Å². The molecular formula is C12H22ClN3O3S2. The van der Waals surface area contributed by atoms with Crippen LogP contribution in [0, 0.1) is 0 Å². The zero-order chi connectivity index (χ0) is 15.2. The highest BCUT2D eigenvalue weighted by atomic mass is 35.5. The summed E-state index contributed by atoms with van der Waals surface area (Å²) >= 11 is 1.22. The summed E-state index contributed by atoms with van der Waals surface area (Å²) in [6, 6.07) is 3.32. The summed E-state index contributed by atoms with van der Waals surface area (Å²) in [6.07, 6.45) is 1.22. The third kappa shape index (κ3) is 7.77. The number of hydrogen-bond donors (Lipinski definition) is 3. The van der Waals surface area contributed by atoms with Crippen molar-refractivity contribution in [3.05, 3.63) is 17.0 Å². The second-order valence-electron chi connectivity index (χ2n) is 4.62. The van der Waals surface area contributed by atoms with Crippen LogP contribution in [0.2, 0.25) is 0 Å². The molecule has 9 heteroatoms. The van der Waals surface area contributed by atoms with Crippen LogP contribution in [0.3, 0.4) is 0 Å². The molecule has 1 aromatic heterocycles. The average molecular weight is 356 g/mol. The zero-order valence-corrected chi connectivity index (χ0v) is 14.5. The summed E-state index contributed by atoms with van der Waals surface area (Å²) in [4.78, 5) is 11.7. The maximum absolute atomic E-state index is 12.0. The Morgan fingerprint density at radius 3 is 2.62 bits per heavy atom. The van der Waals surface area contributed by atoms with Crippen LogP contribution in [0.4, 0.5) is 0 Å². The van der Waals surface area contributed by atoms with Gasteiger partial charge in [0, 0.05) is 30.9 Å². The van der Waals surface area contributed by atoms with Gasteiger partial charge in [-0.15, -0.1) is 23.7 Å². The highest BCUT2D eigenvalue weighted by Crippen LogP contribution is 2.21. The van der Waals surface area contributed by atoms with Gasteiger partial charge in [-0.2, -0.15) is 0 Å². The fraction of sp³-hybridized carbons (Fsp3) is 0.583. The van der Waals surface area contributed by atoms with Crippen molar-refractivity contribution in [2.75, 3.05) is 13.1 Å². The number of thiophene rings is 1. The predicted molar refractivity (Wildman–Crippen MR) is 87.4 cm³/mol. The monoisotopic (exact) mass is 355 g/mol. The molecule has 6 nitrogen and oxygen atoms in total. The summed E-state index contributed by atoms with van der Waals surface area (Å²) < 4.78 is 26.8. The number of carbonyl (C=O) groups is 1. The molecule has 0 saturated carbocycles. The van der Waals surface area contributed by atoms with Gasteiger partial charge < -0.3 is 11.1 Å². The van der Waals surface area contributed by atoms with Gasteiger partial charge in [0.05, 0.1) is 0 Å². The zero-order valence-electron chi connectivity index (χ0n) is 12.1. The fourth-order valence-electron chi connectivity index (χ4n) is 1.49. The molecule has 4 N–H and O–H groups in total. The van der Waals surface area contributed by atoms with E-state index in [4.69, 9.17) is 5.73 Å². The Hall–Kier alpha value is -0.670. The van der Waals surface area contributed by atoms with E-state index in [1.165, 1.54) is 18.3 Å². The van der Waals surface area contributed by atoms with Crippen molar-refractivity contribution < 1.29 is 13.2 Å². The fourth-order valence-corrected chi connectivity index (χ4v) is 3.94. The van der Waals surface area contributed by atoms with E-state index in [0.29, 0.717) is 30.1 Å². The van der Waals surface area contributed by atoms with Crippen molar-refractivity contribution in [1.29, 1.82) is 0 Å². The molecule has 21 heavy (non-hydrogen) atoms. The van der Waals surface area contributed by atoms with Crippen LogP contribution in [0.15, 0.2) is 16.3 Å². The third-order valence-corrected chi connectivity index (χ3v) is 5.64. The molecule has 0 fully saturated rings. The molecular weight excluding hydrogens is 334 g/mol. The number of carbonyl (C=O) groups excluding carboxylic acids is 1. The van der Waals surface area contributed by atoms with E-state index >= 15 is 0 Å². The minimum Gasteiger partial charge on any atom is -0.356 e. The first-order valence-electron chi connectivity index (χ1n) is 6.39. The molecule has 0 bridgehead atoms. The Morgan fingerprint density at radius 2 is 2.05 bits per heavy atom. The van der Waals surface area contributed by atoms with E-state index in [1.54, 1.807) is 12.1 Å². The lowest BCUT2D eigenvalue weighted by Gasteiger charge is -2.06. The first kappa shape index (κ1) is 20.3. The standard InChI is InChI=1S/C12H21N3O3S2.ClH/c1-9(13)5-8-15-20(17,18)12-4-3-11(19-12)6-7-14-10(2)16;/h3-4,9,15H,5-8,13H2,1-2H3,(H,14,16);1H. The van der Waals surface area contributed by atoms with E-state index in [-0.39, 0.29) is 24.4 Å². The summed E-state index contributed by atoms with van der Waals surface area (Å²) in [7, 11) is -3.45. The van der Waals surface area contributed by atoms with Gasteiger partial charge in [-0.05, 0) is 31.9 Å². The first-order chi connectivity index (χ1) is 9.31. The molecule has 1 aromatic rings. The number of hydrogen-bond acceptors (Lipinski definition) is 5. The molecule has 0 aliphatic carbocycles. The van der Waals surface area contributed by atoms with Crippen LogP contribution in [0.1, 0.15) is 25.1 Å². The van der Waals surface area contributed by atoms with Gasteiger partial charge in [0.2, 0.25) is 15.9 Å². The van der Waals surface area contributed by atoms with Gasteiger partial charge in [0.25, 0.3) is 0 Å². The van der Waals surface area contributed by atoms with Crippen molar-refractivity contribution in [3.63, 3.8) is 0 Å². The maximum Gasteiger partial charge on any atom is 0.250 e. The Bertz CT molecular complexity index is 544. The molecule has 0 aromatic carbocycles. The smallest absolute Gasteiger partial charge is 0.250 e. The van der Waals surface area contributed by atoms with Gasteiger partial charge in [-0.3, -0.25) is 4.79 Å². The second kappa shape index (κ2) is 9.37. The van der Waals surface area contributed by atoms with E-state index in [0.717, 1.165) is 4.88 Å². The highest BCUT2D eigenvalue weighted by molar-refractivity contribution is 7.91. The van der Waals surface area contributed by atoms with Crippen LogP contribution >= 0.6 is 23.7 Å². The Kier molecular flexibility index (Phi) is 9.07. The summed E-state index contributed by atoms with van der Waals surface area (Å²) in [5, 5.41) is 2.68. The first-order valence-corrected chi connectivity index (χ1v) is 8.69. The number of halogens is 1. The largest absolute Gasteiger partial charge is 0.356 e. The molecule has 1 unspecified atom stereocenters. The van der Waals surface area contributed by atoms with Crippen molar-refractivity contribution in [2.24, 2.45) is 5.73 Å². The molecule has 0 aliphatic rings. The van der Waals surface area contributed by atoms with Crippen LogP contribution in [0.25, 0.3) is 0 Å². The second-order valence-corrected chi connectivity index (χ2v) is 7.78. The van der Waals surface area contributed by atoms with Crippen LogP contribution in [-0.2, 0) is 21.2 Å².